The van der Waals surface area contributed by atoms with E-state index in [1.165, 1.54) is 10.7 Å². The minimum atomic E-state index is -0.707. The molecule has 6 heteroatoms. The number of anilines is 1. The first-order chi connectivity index (χ1) is 11.6. The Morgan fingerprint density at radius 3 is 2.67 bits per heavy atom. The Bertz CT molecular complexity index is 818. The molecule has 2 aromatic carbocycles. The topological polar surface area (TPSA) is 72.9 Å². The molecule has 0 bridgehead atoms. The third-order valence-corrected chi connectivity index (χ3v) is 3.60. The van der Waals surface area contributed by atoms with Gasteiger partial charge in [0.15, 0.2) is 5.82 Å². The lowest BCUT2D eigenvalue weighted by Crippen LogP contribution is -2.37. The number of hydrogen-bond acceptors (Lipinski definition) is 3. The summed E-state index contributed by atoms with van der Waals surface area (Å²) in [4.78, 5) is 12.2. The number of hydrogen-bond donors (Lipinski definition) is 2. The highest BCUT2D eigenvalue weighted by molar-refractivity contribution is 5.94. The monoisotopic (exact) mass is 324 g/mol. The van der Waals surface area contributed by atoms with Crippen LogP contribution in [0.3, 0.4) is 0 Å². The number of rotatable bonds is 5. The highest BCUT2D eigenvalue weighted by Gasteiger charge is 2.15. The van der Waals surface area contributed by atoms with Crippen LogP contribution in [0.4, 0.5) is 10.1 Å². The second-order valence-corrected chi connectivity index (χ2v) is 5.40. The van der Waals surface area contributed by atoms with Gasteiger partial charge in [0.05, 0.1) is 6.04 Å². The molecule has 1 amide bonds. The first kappa shape index (κ1) is 15.9. The Morgan fingerprint density at radius 2 is 2.00 bits per heavy atom. The molecule has 24 heavy (non-hydrogen) atoms. The fourth-order valence-corrected chi connectivity index (χ4v) is 2.38. The number of carbonyl (C=O) groups excluding carboxylic acids is 1. The van der Waals surface area contributed by atoms with Crippen LogP contribution in [0.2, 0.25) is 0 Å². The third-order valence-electron chi connectivity index (χ3n) is 3.60. The fourth-order valence-electron chi connectivity index (χ4n) is 2.38. The van der Waals surface area contributed by atoms with Gasteiger partial charge in [-0.05, 0) is 36.2 Å². The van der Waals surface area contributed by atoms with E-state index in [0.717, 1.165) is 5.56 Å². The van der Waals surface area contributed by atoms with Gasteiger partial charge in [0, 0.05) is 18.1 Å². The van der Waals surface area contributed by atoms with E-state index in [1.54, 1.807) is 30.6 Å². The molecular formula is C18H17FN4O. The summed E-state index contributed by atoms with van der Waals surface area (Å²) >= 11 is 0. The zero-order valence-electron chi connectivity index (χ0n) is 12.9. The van der Waals surface area contributed by atoms with Gasteiger partial charge >= 0.3 is 0 Å². The summed E-state index contributed by atoms with van der Waals surface area (Å²) < 4.78 is 15.6. The summed E-state index contributed by atoms with van der Waals surface area (Å²) in [6.45, 7) is 0. The molecule has 3 aromatic rings. The van der Waals surface area contributed by atoms with Crippen LogP contribution in [0.1, 0.15) is 5.56 Å². The van der Waals surface area contributed by atoms with E-state index in [0.29, 0.717) is 17.8 Å². The van der Waals surface area contributed by atoms with Crippen LogP contribution >= 0.6 is 0 Å². The molecule has 0 radical (unpaired) electrons. The molecule has 122 valence electrons. The molecule has 1 aromatic heterocycles. The van der Waals surface area contributed by atoms with Crippen molar-refractivity contribution in [3.05, 3.63) is 78.4 Å². The molecule has 0 saturated carbocycles. The van der Waals surface area contributed by atoms with E-state index in [4.69, 9.17) is 5.73 Å². The Labute approximate surface area is 138 Å². The zero-order chi connectivity index (χ0) is 16.9. The number of nitrogens with one attached hydrogen (secondary N) is 1. The average Bonchev–Trinajstić information content (AvgIpc) is 3.10. The first-order valence-corrected chi connectivity index (χ1v) is 7.53. The van der Waals surface area contributed by atoms with E-state index in [1.807, 2.05) is 30.3 Å². The van der Waals surface area contributed by atoms with Crippen LogP contribution < -0.4 is 11.1 Å². The number of nitrogens with zero attached hydrogens (tertiary/aromatic N) is 2. The van der Waals surface area contributed by atoms with Crippen LogP contribution in [0.5, 0.6) is 0 Å². The molecule has 0 unspecified atom stereocenters. The third kappa shape index (κ3) is 3.67. The van der Waals surface area contributed by atoms with E-state index in [2.05, 4.69) is 10.4 Å². The quantitative estimate of drug-likeness (QED) is 0.757. The van der Waals surface area contributed by atoms with Crippen molar-refractivity contribution in [3.63, 3.8) is 0 Å². The van der Waals surface area contributed by atoms with Gasteiger partial charge in [-0.1, -0.05) is 30.3 Å². The standard InChI is InChI=1S/C18H17FN4O/c19-15-12-14(7-8-17(15)23-10-4-9-21-23)22-18(24)16(20)11-13-5-2-1-3-6-13/h1-10,12,16H,11,20H2,(H,22,24)/t16-/m0/s1. The lowest BCUT2D eigenvalue weighted by Gasteiger charge is -2.13. The normalized spacial score (nSPS) is 11.9. The van der Waals surface area contributed by atoms with Gasteiger partial charge < -0.3 is 11.1 Å². The highest BCUT2D eigenvalue weighted by atomic mass is 19.1. The van der Waals surface area contributed by atoms with Crippen LogP contribution in [0.15, 0.2) is 67.0 Å². The Morgan fingerprint density at radius 1 is 1.21 bits per heavy atom. The van der Waals surface area contributed by atoms with Crippen molar-refractivity contribution in [1.82, 2.24) is 9.78 Å². The average molecular weight is 324 g/mol. The van der Waals surface area contributed by atoms with Crippen molar-refractivity contribution in [1.29, 1.82) is 0 Å². The van der Waals surface area contributed by atoms with Crippen molar-refractivity contribution in [2.75, 3.05) is 5.32 Å². The number of aromatic nitrogens is 2. The van der Waals surface area contributed by atoms with E-state index >= 15 is 0 Å². The first-order valence-electron chi connectivity index (χ1n) is 7.53. The lowest BCUT2D eigenvalue weighted by atomic mass is 10.1. The summed E-state index contributed by atoms with van der Waals surface area (Å²) in [7, 11) is 0. The zero-order valence-corrected chi connectivity index (χ0v) is 12.9. The molecule has 0 aliphatic rings. The highest BCUT2D eigenvalue weighted by Crippen LogP contribution is 2.18. The van der Waals surface area contributed by atoms with Gasteiger partial charge in [0.2, 0.25) is 5.91 Å². The van der Waals surface area contributed by atoms with Gasteiger partial charge in [0.1, 0.15) is 5.69 Å². The van der Waals surface area contributed by atoms with Crippen molar-refractivity contribution >= 4 is 11.6 Å². The van der Waals surface area contributed by atoms with Crippen LogP contribution in [0.25, 0.3) is 5.69 Å². The predicted octanol–water partition coefficient (Wildman–Crippen LogP) is 2.52. The number of carbonyl (C=O) groups is 1. The second-order valence-electron chi connectivity index (χ2n) is 5.40. The van der Waals surface area contributed by atoms with Crippen LogP contribution in [-0.4, -0.2) is 21.7 Å². The smallest absolute Gasteiger partial charge is 0.241 e. The summed E-state index contributed by atoms with van der Waals surface area (Å²) in [5, 5.41) is 6.62. The van der Waals surface area contributed by atoms with Crippen LogP contribution in [-0.2, 0) is 11.2 Å². The van der Waals surface area contributed by atoms with Crippen molar-refractivity contribution < 1.29 is 9.18 Å². The number of benzene rings is 2. The number of amides is 1. The van der Waals surface area contributed by atoms with Gasteiger partial charge in [0.25, 0.3) is 0 Å². The Kier molecular flexibility index (Phi) is 4.67. The van der Waals surface area contributed by atoms with E-state index < -0.39 is 11.9 Å². The minimum absolute atomic E-state index is 0.312. The molecule has 5 nitrogen and oxygen atoms in total. The van der Waals surface area contributed by atoms with Crippen molar-refractivity contribution in [3.8, 4) is 5.69 Å². The maximum atomic E-state index is 14.2. The fraction of sp³-hybridized carbons (Fsp3) is 0.111. The van der Waals surface area contributed by atoms with Crippen LogP contribution in [0, 0.1) is 5.82 Å². The van der Waals surface area contributed by atoms with Crippen molar-refractivity contribution in [2.24, 2.45) is 5.73 Å². The van der Waals surface area contributed by atoms with E-state index in [-0.39, 0.29) is 5.91 Å². The lowest BCUT2D eigenvalue weighted by molar-refractivity contribution is -0.117. The molecule has 0 aliphatic heterocycles. The van der Waals surface area contributed by atoms with Gasteiger partial charge in [-0.15, -0.1) is 0 Å². The predicted molar refractivity (Wildman–Crippen MR) is 90.3 cm³/mol. The molecule has 0 fully saturated rings. The molecule has 3 N–H and O–H groups in total. The Hall–Kier alpha value is -2.99. The SMILES string of the molecule is N[C@@H](Cc1ccccc1)C(=O)Nc1ccc(-n2cccn2)c(F)c1. The molecule has 0 saturated heterocycles. The largest absolute Gasteiger partial charge is 0.325 e. The summed E-state index contributed by atoms with van der Waals surface area (Å²) in [5.74, 6) is -0.835. The molecule has 0 spiro atoms. The molecule has 1 atom stereocenters. The molecule has 1 heterocycles. The molecule has 0 aliphatic carbocycles. The summed E-state index contributed by atoms with van der Waals surface area (Å²) in [6, 6.07) is 14.9. The summed E-state index contributed by atoms with van der Waals surface area (Å²) in [5.41, 5.74) is 7.56. The minimum Gasteiger partial charge on any atom is -0.325 e. The molecule has 3 rings (SSSR count). The number of nitrogens with two attached hydrogens (primary N) is 1. The maximum Gasteiger partial charge on any atom is 0.241 e. The van der Waals surface area contributed by atoms with Gasteiger partial charge in [-0.25, -0.2) is 9.07 Å². The number of halogens is 1. The van der Waals surface area contributed by atoms with Gasteiger partial charge in [-0.2, -0.15) is 5.10 Å². The Balaban J connectivity index is 1.67. The molecular weight excluding hydrogens is 307 g/mol. The maximum absolute atomic E-state index is 14.2. The van der Waals surface area contributed by atoms with Crippen molar-refractivity contribution in [2.45, 2.75) is 12.5 Å². The summed E-state index contributed by atoms with van der Waals surface area (Å²) in [6.07, 6.45) is 3.63. The van der Waals surface area contributed by atoms with E-state index in [9.17, 15) is 9.18 Å². The van der Waals surface area contributed by atoms with Gasteiger partial charge in [-0.3, -0.25) is 4.79 Å². The second kappa shape index (κ2) is 7.06.